The second kappa shape index (κ2) is 10.5. The van der Waals surface area contributed by atoms with Crippen LogP contribution in [0.2, 0.25) is 0 Å². The Kier molecular flexibility index (Phi) is 7.49. The van der Waals surface area contributed by atoms with Gasteiger partial charge in [0.05, 0.1) is 7.11 Å². The van der Waals surface area contributed by atoms with E-state index in [-0.39, 0.29) is 5.71 Å². The maximum Gasteiger partial charge on any atom is 0.360 e. The molecule has 0 aromatic heterocycles. The summed E-state index contributed by atoms with van der Waals surface area (Å²) in [5, 5.41) is 3.92. The van der Waals surface area contributed by atoms with Gasteiger partial charge in [-0.05, 0) is 74.2 Å². The zero-order chi connectivity index (χ0) is 22.2. The van der Waals surface area contributed by atoms with Gasteiger partial charge >= 0.3 is 5.97 Å². The first-order valence-electron chi connectivity index (χ1n) is 10.0. The SMILES string of the molecule is CO/N=C(/C(=O)OC)C1=C(COc2ccc(Oc3ccccc3)cc2)CC(C)=C(C)C1. The number of carbonyl (C=O) groups excluding carboxylic acids is 1. The minimum Gasteiger partial charge on any atom is -0.489 e. The number of para-hydroxylation sites is 1. The first-order chi connectivity index (χ1) is 15.0. The van der Waals surface area contributed by atoms with Gasteiger partial charge in [-0.25, -0.2) is 4.79 Å². The highest BCUT2D eigenvalue weighted by molar-refractivity contribution is 6.43. The van der Waals surface area contributed by atoms with E-state index in [1.165, 1.54) is 25.4 Å². The highest BCUT2D eigenvalue weighted by Gasteiger charge is 2.26. The number of hydrogen-bond donors (Lipinski definition) is 0. The molecule has 0 unspecified atom stereocenters. The van der Waals surface area contributed by atoms with Gasteiger partial charge in [-0.2, -0.15) is 0 Å². The first-order valence-corrected chi connectivity index (χ1v) is 10.0. The molecule has 0 fully saturated rings. The molecule has 0 saturated carbocycles. The summed E-state index contributed by atoms with van der Waals surface area (Å²) in [4.78, 5) is 17.2. The Morgan fingerprint density at radius 2 is 1.48 bits per heavy atom. The number of allylic oxidation sites excluding steroid dienone is 2. The molecule has 0 bridgehead atoms. The molecule has 0 saturated heterocycles. The summed E-state index contributed by atoms with van der Waals surface area (Å²) >= 11 is 0. The van der Waals surface area contributed by atoms with Crippen molar-refractivity contribution in [1.82, 2.24) is 0 Å². The number of methoxy groups -OCH3 is 1. The predicted molar refractivity (Wildman–Crippen MR) is 120 cm³/mol. The first kappa shape index (κ1) is 22.2. The molecule has 0 N–H and O–H groups in total. The third kappa shape index (κ3) is 5.75. The van der Waals surface area contributed by atoms with Crippen molar-refractivity contribution in [3.63, 3.8) is 0 Å². The summed E-state index contributed by atoms with van der Waals surface area (Å²) in [6, 6.07) is 17.0. The molecular formula is C25H27NO5. The van der Waals surface area contributed by atoms with E-state index in [0.717, 1.165) is 22.6 Å². The molecule has 6 heteroatoms. The molecule has 2 aromatic rings. The van der Waals surface area contributed by atoms with Crippen molar-refractivity contribution in [1.29, 1.82) is 0 Å². The van der Waals surface area contributed by atoms with Crippen molar-refractivity contribution in [3.8, 4) is 17.2 Å². The number of oxime groups is 1. The van der Waals surface area contributed by atoms with Crippen LogP contribution in [0.15, 0.2) is 82.0 Å². The molecule has 1 aliphatic carbocycles. The fourth-order valence-corrected chi connectivity index (χ4v) is 3.31. The number of benzene rings is 2. The van der Waals surface area contributed by atoms with E-state index in [1.54, 1.807) is 0 Å². The Labute approximate surface area is 182 Å². The summed E-state index contributed by atoms with van der Waals surface area (Å²) in [5.74, 6) is 1.69. The van der Waals surface area contributed by atoms with E-state index in [0.29, 0.717) is 25.2 Å². The van der Waals surface area contributed by atoms with Gasteiger partial charge < -0.3 is 19.0 Å². The van der Waals surface area contributed by atoms with Gasteiger partial charge in [-0.15, -0.1) is 0 Å². The average Bonchev–Trinajstić information content (AvgIpc) is 2.79. The number of carbonyl (C=O) groups is 1. The second-order valence-corrected chi connectivity index (χ2v) is 7.29. The number of nitrogens with zero attached hydrogens (tertiary/aromatic N) is 1. The van der Waals surface area contributed by atoms with Crippen LogP contribution in [0.4, 0.5) is 0 Å². The summed E-state index contributed by atoms with van der Waals surface area (Å²) in [7, 11) is 2.75. The minimum absolute atomic E-state index is 0.182. The van der Waals surface area contributed by atoms with Crippen molar-refractivity contribution in [2.45, 2.75) is 26.7 Å². The van der Waals surface area contributed by atoms with Crippen molar-refractivity contribution in [2.75, 3.05) is 20.8 Å². The lowest BCUT2D eigenvalue weighted by molar-refractivity contribution is -0.132. The van der Waals surface area contributed by atoms with Crippen LogP contribution in [0.3, 0.4) is 0 Å². The molecule has 0 spiro atoms. The standard InChI is InChI=1S/C25H27NO5/c1-17-14-19(23(15-18(17)2)24(26-29-4)25(27)28-3)16-30-20-10-12-22(13-11-20)31-21-8-6-5-7-9-21/h5-13H,14-16H2,1-4H3/b26-24+. The van der Waals surface area contributed by atoms with Crippen LogP contribution in [-0.2, 0) is 14.4 Å². The van der Waals surface area contributed by atoms with E-state index >= 15 is 0 Å². The van der Waals surface area contributed by atoms with Gasteiger partial charge in [0, 0.05) is 0 Å². The lowest BCUT2D eigenvalue weighted by Gasteiger charge is -2.23. The Balaban J connectivity index is 1.75. The monoisotopic (exact) mass is 421 g/mol. The number of hydrogen-bond acceptors (Lipinski definition) is 6. The smallest absolute Gasteiger partial charge is 0.360 e. The zero-order valence-corrected chi connectivity index (χ0v) is 18.3. The summed E-state index contributed by atoms with van der Waals surface area (Å²) in [5.41, 5.74) is 4.42. The van der Waals surface area contributed by atoms with Gasteiger partial charge in [0.25, 0.3) is 0 Å². The molecule has 2 aromatic carbocycles. The van der Waals surface area contributed by atoms with Crippen LogP contribution in [0, 0.1) is 0 Å². The van der Waals surface area contributed by atoms with Gasteiger partial charge in [-0.3, -0.25) is 0 Å². The highest BCUT2D eigenvalue weighted by Crippen LogP contribution is 2.32. The molecule has 3 rings (SSSR count). The lowest BCUT2D eigenvalue weighted by Crippen LogP contribution is -2.24. The highest BCUT2D eigenvalue weighted by atomic mass is 16.6. The minimum atomic E-state index is -0.524. The number of rotatable bonds is 8. The quantitative estimate of drug-likeness (QED) is 0.245. The molecule has 162 valence electrons. The maximum atomic E-state index is 12.3. The molecule has 0 heterocycles. The molecule has 0 aliphatic heterocycles. The molecule has 1 aliphatic rings. The van der Waals surface area contributed by atoms with Crippen LogP contribution in [0.25, 0.3) is 0 Å². The summed E-state index contributed by atoms with van der Waals surface area (Å²) in [6.07, 6.45) is 1.31. The summed E-state index contributed by atoms with van der Waals surface area (Å²) in [6.45, 7) is 4.48. The number of ether oxygens (including phenoxy) is 3. The van der Waals surface area contributed by atoms with Crippen molar-refractivity contribution in [2.24, 2.45) is 5.16 Å². The normalized spacial score (nSPS) is 14.4. The maximum absolute atomic E-state index is 12.3. The van der Waals surface area contributed by atoms with E-state index in [4.69, 9.17) is 19.0 Å². The van der Waals surface area contributed by atoms with E-state index in [9.17, 15) is 4.79 Å². The Morgan fingerprint density at radius 3 is 2.13 bits per heavy atom. The van der Waals surface area contributed by atoms with E-state index < -0.39 is 5.97 Å². The third-order valence-corrected chi connectivity index (χ3v) is 5.14. The van der Waals surface area contributed by atoms with Crippen LogP contribution >= 0.6 is 0 Å². The average molecular weight is 421 g/mol. The molecule has 0 radical (unpaired) electrons. The summed E-state index contributed by atoms with van der Waals surface area (Å²) < 4.78 is 16.7. The van der Waals surface area contributed by atoms with Gasteiger partial charge in [0.15, 0.2) is 5.71 Å². The Bertz CT molecular complexity index is 1000. The molecule has 0 atom stereocenters. The molecule has 6 nitrogen and oxygen atoms in total. The third-order valence-electron chi connectivity index (χ3n) is 5.14. The molecular weight excluding hydrogens is 394 g/mol. The van der Waals surface area contributed by atoms with Crippen molar-refractivity contribution >= 4 is 11.7 Å². The largest absolute Gasteiger partial charge is 0.489 e. The van der Waals surface area contributed by atoms with E-state index in [1.807, 2.05) is 54.6 Å². The topological polar surface area (TPSA) is 66.4 Å². The van der Waals surface area contributed by atoms with Gasteiger partial charge in [-0.1, -0.05) is 34.5 Å². The number of esters is 1. The fraction of sp³-hybridized carbons (Fsp3) is 0.280. The van der Waals surface area contributed by atoms with Crippen LogP contribution in [0.5, 0.6) is 17.2 Å². The Morgan fingerprint density at radius 1 is 0.871 bits per heavy atom. The van der Waals surface area contributed by atoms with Crippen molar-refractivity contribution < 1.29 is 23.8 Å². The molecule has 0 amide bonds. The second-order valence-electron chi connectivity index (χ2n) is 7.29. The zero-order valence-electron chi connectivity index (χ0n) is 18.3. The van der Waals surface area contributed by atoms with Crippen LogP contribution in [-0.4, -0.2) is 32.5 Å². The fourth-order valence-electron chi connectivity index (χ4n) is 3.31. The van der Waals surface area contributed by atoms with Crippen LogP contribution in [0.1, 0.15) is 26.7 Å². The lowest BCUT2D eigenvalue weighted by atomic mass is 9.85. The van der Waals surface area contributed by atoms with Gasteiger partial charge in [0.2, 0.25) is 0 Å². The van der Waals surface area contributed by atoms with Crippen molar-refractivity contribution in [3.05, 3.63) is 76.9 Å². The van der Waals surface area contributed by atoms with E-state index in [2.05, 4.69) is 19.0 Å². The predicted octanol–water partition coefficient (Wildman–Crippen LogP) is 5.46. The van der Waals surface area contributed by atoms with Crippen LogP contribution < -0.4 is 9.47 Å². The molecule has 31 heavy (non-hydrogen) atoms. The Hall–Kier alpha value is -3.54. The van der Waals surface area contributed by atoms with Gasteiger partial charge in [0.1, 0.15) is 31.0 Å².